The van der Waals surface area contributed by atoms with Crippen LogP contribution in [-0.4, -0.2) is 61.6 Å². The monoisotopic (exact) mass is 626 g/mol. The smallest absolute Gasteiger partial charge is 0.354 e. The number of halogens is 4. The van der Waals surface area contributed by atoms with Gasteiger partial charge in [-0.15, -0.1) is 0 Å². The maximum Gasteiger partial charge on any atom is 0.435 e. The molecule has 0 spiro atoms. The molecule has 0 unspecified atom stereocenters. The van der Waals surface area contributed by atoms with Crippen molar-refractivity contribution in [1.82, 2.24) is 40.1 Å². The number of carbonyl (C=O) groups is 2. The van der Waals surface area contributed by atoms with Crippen LogP contribution in [0.25, 0.3) is 16.9 Å². The van der Waals surface area contributed by atoms with Gasteiger partial charge in [0.1, 0.15) is 12.4 Å². The number of carbonyl (C=O) groups excluding carboxylic acids is 2. The van der Waals surface area contributed by atoms with Gasteiger partial charge in [-0.25, -0.2) is 14.4 Å². The molecule has 236 valence electrons. The summed E-state index contributed by atoms with van der Waals surface area (Å²) in [6, 6.07) is 3.94. The summed E-state index contributed by atoms with van der Waals surface area (Å²) in [7, 11) is 0. The molecule has 0 saturated carbocycles. The Labute approximate surface area is 254 Å². The van der Waals surface area contributed by atoms with E-state index in [0.717, 1.165) is 42.9 Å². The van der Waals surface area contributed by atoms with Gasteiger partial charge in [0.2, 0.25) is 5.91 Å². The Morgan fingerprint density at radius 1 is 1.22 bits per heavy atom. The van der Waals surface area contributed by atoms with Gasteiger partial charge in [0.25, 0.3) is 5.91 Å². The van der Waals surface area contributed by atoms with E-state index in [2.05, 4.69) is 36.3 Å². The predicted octanol–water partition coefficient (Wildman–Crippen LogP) is 3.56. The van der Waals surface area contributed by atoms with E-state index in [4.69, 9.17) is 5.26 Å². The van der Waals surface area contributed by atoms with Crippen LogP contribution in [0, 0.1) is 30.0 Å². The number of anilines is 2. The van der Waals surface area contributed by atoms with E-state index >= 15 is 4.39 Å². The lowest BCUT2D eigenvalue weighted by molar-refractivity contribution is -0.141. The van der Waals surface area contributed by atoms with E-state index in [1.165, 1.54) is 29.1 Å². The summed E-state index contributed by atoms with van der Waals surface area (Å²) < 4.78 is 58.8. The fraction of sp³-hybridized carbons (Fsp3) is 0.379. The Balaban J connectivity index is 1.32. The fourth-order valence-corrected chi connectivity index (χ4v) is 5.25. The average molecular weight is 627 g/mol. The number of aryl methyl sites for hydroxylation is 1. The van der Waals surface area contributed by atoms with Crippen LogP contribution >= 0.6 is 0 Å². The van der Waals surface area contributed by atoms with Crippen molar-refractivity contribution < 1.29 is 27.2 Å². The zero-order valence-electron chi connectivity index (χ0n) is 24.4. The van der Waals surface area contributed by atoms with Gasteiger partial charge in [0.15, 0.2) is 17.2 Å². The van der Waals surface area contributed by atoms with Gasteiger partial charge in [-0.1, -0.05) is 0 Å². The van der Waals surface area contributed by atoms with Gasteiger partial charge < -0.3 is 21.3 Å². The molecular weight excluding hydrogens is 596 g/mol. The molecule has 1 aliphatic rings. The highest BCUT2D eigenvalue weighted by atomic mass is 19.4. The lowest BCUT2D eigenvalue weighted by atomic mass is 9.97. The number of imidazole rings is 1. The Kier molecular flexibility index (Phi) is 9.00. The Bertz CT molecular complexity index is 1750. The molecule has 16 heteroatoms. The van der Waals surface area contributed by atoms with Crippen molar-refractivity contribution >= 4 is 29.0 Å². The fourth-order valence-electron chi connectivity index (χ4n) is 5.25. The third-order valence-electron chi connectivity index (χ3n) is 7.41. The molecule has 1 atom stereocenters. The van der Waals surface area contributed by atoms with Crippen molar-refractivity contribution in [3.05, 3.63) is 59.6 Å². The second kappa shape index (κ2) is 12.9. The van der Waals surface area contributed by atoms with E-state index < -0.39 is 29.6 Å². The zero-order chi connectivity index (χ0) is 32.3. The van der Waals surface area contributed by atoms with Gasteiger partial charge >= 0.3 is 6.18 Å². The minimum Gasteiger partial charge on any atom is -0.354 e. The van der Waals surface area contributed by atoms with Crippen LogP contribution in [0.1, 0.15) is 41.4 Å². The quantitative estimate of drug-likeness (QED) is 0.206. The molecule has 1 saturated heterocycles. The van der Waals surface area contributed by atoms with Crippen molar-refractivity contribution in [2.24, 2.45) is 5.92 Å². The van der Waals surface area contributed by atoms with E-state index in [1.807, 2.05) is 0 Å². The van der Waals surface area contributed by atoms with Crippen LogP contribution in [0.5, 0.6) is 0 Å². The number of rotatable bonds is 9. The maximum atomic E-state index is 15.3. The summed E-state index contributed by atoms with van der Waals surface area (Å²) in [5.41, 5.74) is -0.865. The molecule has 12 nitrogen and oxygen atoms in total. The van der Waals surface area contributed by atoms with Crippen molar-refractivity contribution in [2.45, 2.75) is 45.5 Å². The molecule has 4 heterocycles. The first-order chi connectivity index (χ1) is 21.5. The highest BCUT2D eigenvalue weighted by Crippen LogP contribution is 2.37. The molecular formula is C29H30F4N10O2. The SMILES string of the molecule is Cc1cc(Nc2nccn3c(-c4cn(CC#N)nc4C(F)(F)F)cnc23)cc(F)c1C(=O)N[C@H](C)CNC(=O)C1CCNCC1. The predicted molar refractivity (Wildman–Crippen MR) is 155 cm³/mol. The number of alkyl halides is 3. The van der Waals surface area contributed by atoms with Crippen molar-refractivity contribution in [3.8, 4) is 17.3 Å². The third kappa shape index (κ3) is 6.88. The largest absolute Gasteiger partial charge is 0.435 e. The van der Waals surface area contributed by atoms with Crippen LogP contribution < -0.4 is 21.3 Å². The van der Waals surface area contributed by atoms with Crippen LogP contribution in [-0.2, 0) is 17.5 Å². The number of nitriles is 1. The van der Waals surface area contributed by atoms with Crippen LogP contribution in [0.2, 0.25) is 0 Å². The number of aromatic nitrogens is 5. The van der Waals surface area contributed by atoms with Crippen molar-refractivity contribution in [2.75, 3.05) is 25.0 Å². The van der Waals surface area contributed by atoms with Gasteiger partial charge in [-0.05, 0) is 57.5 Å². The molecule has 1 aromatic carbocycles. The standard InChI is InChI=1S/C29H30F4N10O2/c1-16-11-19(12-21(30)23(16)28(45)39-17(2)13-38-27(44)18-3-6-35-7-4-18)40-25-26-37-14-22(43(26)10-8-36-25)20-15-42(9-5-34)41-24(20)29(31,32)33/h8,10-12,14-15,17-18,35H,3-4,6-7,9,13H2,1-2H3,(H,36,40)(H,38,44)(H,39,45)/t17-/m1/s1. The Morgan fingerprint density at radius 2 is 1.98 bits per heavy atom. The summed E-state index contributed by atoms with van der Waals surface area (Å²) >= 11 is 0. The van der Waals surface area contributed by atoms with Gasteiger partial charge in [-0.2, -0.15) is 23.5 Å². The summed E-state index contributed by atoms with van der Waals surface area (Å²) in [5.74, 6) is -1.48. The van der Waals surface area contributed by atoms with E-state index in [-0.39, 0.29) is 58.9 Å². The maximum absolute atomic E-state index is 15.3. The van der Waals surface area contributed by atoms with Gasteiger partial charge in [0.05, 0.1) is 29.1 Å². The average Bonchev–Trinajstić information content (AvgIpc) is 3.61. The van der Waals surface area contributed by atoms with Gasteiger partial charge in [-0.3, -0.25) is 18.7 Å². The van der Waals surface area contributed by atoms with Crippen molar-refractivity contribution in [1.29, 1.82) is 5.26 Å². The first-order valence-electron chi connectivity index (χ1n) is 14.2. The number of fused-ring (bicyclic) bond motifs is 1. The summed E-state index contributed by atoms with van der Waals surface area (Å²) in [6.07, 6.45) is 1.81. The Hall–Kier alpha value is -5.04. The van der Waals surface area contributed by atoms with Crippen LogP contribution in [0.4, 0.5) is 29.1 Å². The second-order valence-corrected chi connectivity index (χ2v) is 10.8. The summed E-state index contributed by atoms with van der Waals surface area (Å²) in [4.78, 5) is 33.8. The molecule has 1 aliphatic heterocycles. The van der Waals surface area contributed by atoms with Crippen LogP contribution in [0.15, 0.2) is 36.9 Å². The van der Waals surface area contributed by atoms with E-state index in [9.17, 15) is 22.8 Å². The zero-order valence-corrected chi connectivity index (χ0v) is 24.4. The topological polar surface area (TPSA) is 154 Å². The number of benzene rings is 1. The lowest BCUT2D eigenvalue weighted by Crippen LogP contribution is -2.45. The molecule has 4 aromatic rings. The molecule has 2 amide bonds. The molecule has 0 radical (unpaired) electrons. The normalized spacial score (nSPS) is 14.6. The number of amides is 2. The first kappa shape index (κ1) is 31.4. The summed E-state index contributed by atoms with van der Waals surface area (Å²) in [5, 5.41) is 24.1. The molecule has 0 bridgehead atoms. The van der Waals surface area contributed by atoms with Crippen LogP contribution in [0.3, 0.4) is 0 Å². The van der Waals surface area contributed by atoms with Gasteiger partial charge in [0, 0.05) is 42.8 Å². The van der Waals surface area contributed by atoms with E-state index in [0.29, 0.717) is 5.56 Å². The highest BCUT2D eigenvalue weighted by Gasteiger charge is 2.38. The molecule has 45 heavy (non-hydrogen) atoms. The number of nitrogens with zero attached hydrogens (tertiary/aromatic N) is 6. The minimum absolute atomic E-state index is 0.0578. The third-order valence-corrected chi connectivity index (χ3v) is 7.41. The lowest BCUT2D eigenvalue weighted by Gasteiger charge is -2.23. The molecule has 3 aromatic heterocycles. The van der Waals surface area contributed by atoms with Crippen molar-refractivity contribution in [3.63, 3.8) is 0 Å². The molecule has 5 rings (SSSR count). The molecule has 4 N–H and O–H groups in total. The second-order valence-electron chi connectivity index (χ2n) is 10.8. The molecule has 1 fully saturated rings. The number of piperidine rings is 1. The highest BCUT2D eigenvalue weighted by molar-refractivity contribution is 5.96. The summed E-state index contributed by atoms with van der Waals surface area (Å²) in [6.45, 7) is 4.65. The number of hydrogen-bond acceptors (Lipinski definition) is 8. The first-order valence-corrected chi connectivity index (χ1v) is 14.2. The van der Waals surface area contributed by atoms with E-state index in [1.54, 1.807) is 19.9 Å². The number of hydrogen-bond donors (Lipinski definition) is 4. The minimum atomic E-state index is -4.78. The molecule has 0 aliphatic carbocycles. The number of nitrogens with one attached hydrogen (secondary N) is 4. The Morgan fingerprint density at radius 3 is 2.67 bits per heavy atom.